The summed E-state index contributed by atoms with van der Waals surface area (Å²) >= 11 is 1.81. The summed E-state index contributed by atoms with van der Waals surface area (Å²) in [7, 11) is 0. The van der Waals surface area contributed by atoms with Gasteiger partial charge in [-0.1, -0.05) is 37.3 Å². The van der Waals surface area contributed by atoms with Gasteiger partial charge in [0.2, 0.25) is 11.8 Å². The van der Waals surface area contributed by atoms with Crippen molar-refractivity contribution in [3.05, 3.63) is 59.0 Å². The molecule has 2 amide bonds. The molecular formula is C26H28N2O3S. The second-order valence-electron chi connectivity index (χ2n) is 8.94. The fourth-order valence-electron chi connectivity index (χ4n) is 4.75. The van der Waals surface area contributed by atoms with Crippen LogP contribution in [0.2, 0.25) is 0 Å². The summed E-state index contributed by atoms with van der Waals surface area (Å²) in [5.74, 6) is 1.58. The number of allylic oxidation sites excluding steroid dienone is 1. The van der Waals surface area contributed by atoms with Gasteiger partial charge < -0.3 is 14.6 Å². The van der Waals surface area contributed by atoms with E-state index in [1.807, 2.05) is 61.2 Å². The molecule has 2 aliphatic heterocycles. The number of thioether (sulfide) groups is 1. The van der Waals surface area contributed by atoms with E-state index >= 15 is 0 Å². The maximum atomic E-state index is 13.2. The lowest BCUT2D eigenvalue weighted by Crippen LogP contribution is -2.48. The molecule has 5 nitrogen and oxygen atoms in total. The number of amides is 2. The van der Waals surface area contributed by atoms with Crippen molar-refractivity contribution < 1.29 is 14.0 Å². The van der Waals surface area contributed by atoms with Crippen LogP contribution in [0.4, 0.5) is 0 Å². The Hall–Kier alpha value is -2.73. The smallest absolute Gasteiger partial charge is 0.243 e. The maximum absolute atomic E-state index is 13.2. The second-order valence-corrected chi connectivity index (χ2v) is 10.0. The molecule has 1 N–H and O–H groups in total. The third-order valence-corrected chi connectivity index (χ3v) is 7.93. The molecule has 0 saturated carbocycles. The molecule has 1 aromatic heterocycles. The van der Waals surface area contributed by atoms with E-state index < -0.39 is 0 Å². The number of carbonyl (C=O) groups excluding carboxylic acids is 2. The first kappa shape index (κ1) is 21.1. The molecule has 3 atom stereocenters. The van der Waals surface area contributed by atoms with E-state index in [1.165, 1.54) is 4.91 Å². The third kappa shape index (κ3) is 4.04. The Bertz CT molecular complexity index is 1210. The van der Waals surface area contributed by atoms with Crippen LogP contribution in [-0.4, -0.2) is 41.1 Å². The number of para-hydroxylation sites is 1. The van der Waals surface area contributed by atoms with Gasteiger partial charge in [-0.2, -0.15) is 0 Å². The van der Waals surface area contributed by atoms with Gasteiger partial charge in [0, 0.05) is 28.0 Å². The van der Waals surface area contributed by atoms with Crippen molar-refractivity contribution in [3.63, 3.8) is 0 Å². The van der Waals surface area contributed by atoms with Crippen LogP contribution in [0, 0.1) is 5.92 Å². The Morgan fingerprint density at radius 1 is 1.19 bits per heavy atom. The van der Waals surface area contributed by atoms with Crippen LogP contribution in [0.25, 0.3) is 21.9 Å². The molecule has 2 aliphatic rings. The Labute approximate surface area is 192 Å². The van der Waals surface area contributed by atoms with Gasteiger partial charge in [-0.15, -0.1) is 11.8 Å². The van der Waals surface area contributed by atoms with Crippen molar-refractivity contribution in [3.8, 4) is 0 Å². The highest BCUT2D eigenvalue weighted by Gasteiger charge is 2.35. The molecule has 0 radical (unpaired) electrons. The summed E-state index contributed by atoms with van der Waals surface area (Å²) in [6.07, 6.45) is 4.10. The molecule has 0 bridgehead atoms. The maximum Gasteiger partial charge on any atom is 0.243 e. The van der Waals surface area contributed by atoms with E-state index in [9.17, 15) is 9.59 Å². The van der Waals surface area contributed by atoms with Gasteiger partial charge in [-0.05, 0) is 49.4 Å². The molecule has 32 heavy (non-hydrogen) atoms. The summed E-state index contributed by atoms with van der Waals surface area (Å²) in [5, 5.41) is 5.21. The van der Waals surface area contributed by atoms with Crippen LogP contribution in [0.15, 0.2) is 57.9 Å². The quantitative estimate of drug-likeness (QED) is 0.604. The Morgan fingerprint density at radius 2 is 2.00 bits per heavy atom. The van der Waals surface area contributed by atoms with E-state index in [2.05, 4.69) is 18.3 Å². The highest BCUT2D eigenvalue weighted by Crippen LogP contribution is 2.32. The number of nitrogens with one attached hydrogen (secondary N) is 1. The molecule has 3 heterocycles. The molecule has 5 rings (SSSR count). The van der Waals surface area contributed by atoms with Gasteiger partial charge in [-0.3, -0.25) is 9.59 Å². The van der Waals surface area contributed by atoms with Crippen molar-refractivity contribution in [1.82, 2.24) is 10.2 Å². The standard InChI is InChI=1S/C26H28N2O3S/c1-16-12-24(32-15-16)17(2)27-26(30)21-7-5-11-28(21)25(29)14-18-9-10-23-20(13-18)19-6-3-4-8-22(19)31-23/h3-4,6,8-10,12-13,16-17,21H,5,7,11,14-15H2,1-2H3,(H,27,30)/t16?,17-,21?/m1/s1. The van der Waals surface area contributed by atoms with Gasteiger partial charge in [-0.25, -0.2) is 0 Å². The number of hydrogen-bond acceptors (Lipinski definition) is 4. The molecule has 0 spiro atoms. The second kappa shape index (κ2) is 8.66. The van der Waals surface area contributed by atoms with E-state index in [0.29, 0.717) is 12.5 Å². The summed E-state index contributed by atoms with van der Waals surface area (Å²) < 4.78 is 5.89. The molecule has 3 aromatic rings. The Kier molecular flexibility index (Phi) is 5.72. The van der Waals surface area contributed by atoms with Gasteiger partial charge >= 0.3 is 0 Å². The van der Waals surface area contributed by atoms with Crippen LogP contribution in [0.3, 0.4) is 0 Å². The van der Waals surface area contributed by atoms with Crippen molar-refractivity contribution in [2.75, 3.05) is 12.3 Å². The zero-order valence-corrected chi connectivity index (χ0v) is 19.3. The number of likely N-dealkylation sites (tertiary alicyclic amines) is 1. The van der Waals surface area contributed by atoms with Gasteiger partial charge in [0.25, 0.3) is 0 Å². The summed E-state index contributed by atoms with van der Waals surface area (Å²) in [5.41, 5.74) is 2.61. The highest BCUT2D eigenvalue weighted by molar-refractivity contribution is 8.03. The molecule has 1 fully saturated rings. The van der Waals surface area contributed by atoms with E-state index in [0.717, 1.165) is 46.1 Å². The average Bonchev–Trinajstić information content (AvgIpc) is 3.51. The molecule has 2 aromatic carbocycles. The van der Waals surface area contributed by atoms with Gasteiger partial charge in [0.05, 0.1) is 12.5 Å². The lowest BCUT2D eigenvalue weighted by Gasteiger charge is -2.26. The predicted octanol–water partition coefficient (Wildman–Crippen LogP) is 4.89. The predicted molar refractivity (Wildman–Crippen MR) is 129 cm³/mol. The number of rotatable bonds is 5. The van der Waals surface area contributed by atoms with Crippen LogP contribution < -0.4 is 5.32 Å². The van der Waals surface area contributed by atoms with Crippen LogP contribution in [0.5, 0.6) is 0 Å². The van der Waals surface area contributed by atoms with Crippen molar-refractivity contribution >= 4 is 45.5 Å². The summed E-state index contributed by atoms with van der Waals surface area (Å²) in [6, 6.07) is 13.5. The Morgan fingerprint density at radius 3 is 2.81 bits per heavy atom. The van der Waals surface area contributed by atoms with Crippen molar-refractivity contribution in [1.29, 1.82) is 0 Å². The SMILES string of the molecule is CC1C=C([C@@H](C)NC(=O)C2CCCN2C(=O)Cc2ccc3oc4ccccc4c3c2)SC1. The van der Waals surface area contributed by atoms with Gasteiger partial charge in [0.15, 0.2) is 0 Å². The molecule has 1 saturated heterocycles. The van der Waals surface area contributed by atoms with Crippen molar-refractivity contribution in [2.45, 2.75) is 45.2 Å². The summed E-state index contributed by atoms with van der Waals surface area (Å²) in [4.78, 5) is 29.1. The molecule has 2 unspecified atom stereocenters. The zero-order chi connectivity index (χ0) is 22.2. The topological polar surface area (TPSA) is 62.6 Å². The molecular weight excluding hydrogens is 420 g/mol. The Balaban J connectivity index is 1.28. The fourth-order valence-corrected chi connectivity index (χ4v) is 5.94. The molecule has 166 valence electrons. The monoisotopic (exact) mass is 448 g/mol. The number of furan rings is 1. The third-order valence-electron chi connectivity index (χ3n) is 6.42. The molecule has 0 aliphatic carbocycles. The van der Waals surface area contributed by atoms with Crippen molar-refractivity contribution in [2.24, 2.45) is 5.92 Å². The largest absolute Gasteiger partial charge is 0.456 e. The van der Waals surface area contributed by atoms with E-state index in [-0.39, 0.29) is 30.3 Å². The number of fused-ring (bicyclic) bond motifs is 3. The first-order valence-electron chi connectivity index (χ1n) is 11.3. The number of hydrogen-bond donors (Lipinski definition) is 1. The molecule has 6 heteroatoms. The number of benzene rings is 2. The first-order chi connectivity index (χ1) is 15.5. The zero-order valence-electron chi connectivity index (χ0n) is 18.5. The van der Waals surface area contributed by atoms with Gasteiger partial charge in [0.1, 0.15) is 17.2 Å². The highest BCUT2D eigenvalue weighted by atomic mass is 32.2. The van der Waals surface area contributed by atoms with E-state index in [4.69, 9.17) is 4.42 Å². The summed E-state index contributed by atoms with van der Waals surface area (Å²) in [6.45, 7) is 4.85. The minimum absolute atomic E-state index is 0.00512. The first-order valence-corrected chi connectivity index (χ1v) is 12.3. The average molecular weight is 449 g/mol. The fraction of sp³-hybridized carbons (Fsp3) is 0.385. The number of carbonyl (C=O) groups is 2. The van der Waals surface area contributed by atoms with Crippen LogP contribution in [0.1, 0.15) is 32.3 Å². The lowest BCUT2D eigenvalue weighted by molar-refractivity contribution is -0.138. The van der Waals surface area contributed by atoms with E-state index in [1.54, 1.807) is 4.90 Å². The minimum atomic E-state index is -0.382. The van der Waals surface area contributed by atoms with Crippen LogP contribution in [-0.2, 0) is 16.0 Å². The lowest BCUT2D eigenvalue weighted by atomic mass is 10.1. The van der Waals surface area contributed by atoms with Crippen LogP contribution >= 0.6 is 11.8 Å². The number of nitrogens with zero attached hydrogens (tertiary/aromatic N) is 1. The normalized spacial score (nSPS) is 21.8. The minimum Gasteiger partial charge on any atom is -0.456 e.